The fourth-order valence-corrected chi connectivity index (χ4v) is 4.30. The number of ether oxygens (including phenoxy) is 1. The minimum atomic E-state index is -1.23. The molecule has 6 heteroatoms. The second kappa shape index (κ2) is 4.76. The molecule has 118 valence electrons. The highest BCUT2D eigenvalue weighted by atomic mass is 19.2. The molecule has 0 saturated heterocycles. The lowest BCUT2D eigenvalue weighted by atomic mass is 9.69. The van der Waals surface area contributed by atoms with Gasteiger partial charge in [0.15, 0.2) is 11.6 Å². The number of rotatable bonds is 4. The van der Waals surface area contributed by atoms with Crippen molar-refractivity contribution in [1.29, 1.82) is 0 Å². The molecule has 2 saturated carbocycles. The molecule has 2 aliphatic rings. The summed E-state index contributed by atoms with van der Waals surface area (Å²) in [5.41, 5.74) is -1.74. The normalized spacial score (nSPS) is 33.0. The molecule has 2 fully saturated rings. The van der Waals surface area contributed by atoms with E-state index >= 15 is 0 Å². The van der Waals surface area contributed by atoms with Gasteiger partial charge in [0.05, 0.1) is 12.5 Å². The van der Waals surface area contributed by atoms with E-state index in [0.29, 0.717) is 31.1 Å². The molecule has 0 amide bonds. The largest absolute Gasteiger partial charge is 0.493 e. The maximum Gasteiger partial charge on any atom is 0.311 e. The number of carbonyl (C=O) groups is 2. The summed E-state index contributed by atoms with van der Waals surface area (Å²) >= 11 is 0. The number of fused-ring (bicyclic) bond motifs is 1. The van der Waals surface area contributed by atoms with Gasteiger partial charge in [-0.25, -0.2) is 4.39 Å². The summed E-state index contributed by atoms with van der Waals surface area (Å²) in [6.45, 7) is 0. The second-order valence-corrected chi connectivity index (χ2v) is 6.11. The van der Waals surface area contributed by atoms with E-state index in [2.05, 4.69) is 0 Å². The van der Waals surface area contributed by atoms with Crippen LogP contribution >= 0.6 is 0 Å². The Labute approximate surface area is 126 Å². The van der Waals surface area contributed by atoms with Gasteiger partial charge in [0.25, 0.3) is 0 Å². The highest BCUT2D eigenvalue weighted by Gasteiger charge is 2.77. The fraction of sp³-hybridized carbons (Fsp3) is 0.500. The van der Waals surface area contributed by atoms with Gasteiger partial charge in [-0.15, -0.1) is 0 Å². The Kier molecular flexibility index (Phi) is 3.23. The SMILES string of the molecule is COc1c(C23CCCC(C=O)C2(C(=O)O)C3)ccc(F)c1F. The molecule has 0 aromatic heterocycles. The molecule has 0 radical (unpaired) electrons. The number of aliphatic carboxylic acids is 1. The van der Waals surface area contributed by atoms with E-state index in [1.807, 2.05) is 0 Å². The molecule has 1 N–H and O–H groups in total. The molecule has 3 rings (SSSR count). The zero-order valence-electron chi connectivity index (χ0n) is 12.1. The number of hydrogen-bond donors (Lipinski definition) is 1. The summed E-state index contributed by atoms with van der Waals surface area (Å²) in [5.74, 6) is -4.09. The average molecular weight is 310 g/mol. The van der Waals surface area contributed by atoms with Crippen LogP contribution < -0.4 is 4.74 Å². The monoisotopic (exact) mass is 310 g/mol. The maximum atomic E-state index is 14.0. The van der Waals surface area contributed by atoms with E-state index in [-0.39, 0.29) is 12.2 Å². The molecular formula is C16H16F2O4. The maximum absolute atomic E-state index is 14.0. The summed E-state index contributed by atoms with van der Waals surface area (Å²) in [5, 5.41) is 9.69. The number of carbonyl (C=O) groups excluding carboxylic acids is 1. The van der Waals surface area contributed by atoms with Gasteiger partial charge in [0.2, 0.25) is 5.82 Å². The molecule has 4 nitrogen and oxygen atoms in total. The molecular weight excluding hydrogens is 294 g/mol. The molecule has 3 unspecified atom stereocenters. The van der Waals surface area contributed by atoms with Crippen LogP contribution in [-0.2, 0) is 15.0 Å². The third kappa shape index (κ3) is 1.61. The number of hydrogen-bond acceptors (Lipinski definition) is 3. The number of carboxylic acid groups (broad SMARTS) is 1. The van der Waals surface area contributed by atoms with E-state index in [4.69, 9.17) is 4.74 Å². The number of carboxylic acids is 1. The molecule has 0 aliphatic heterocycles. The fourth-order valence-electron chi connectivity index (χ4n) is 4.30. The zero-order valence-corrected chi connectivity index (χ0v) is 12.1. The van der Waals surface area contributed by atoms with Gasteiger partial charge in [0.1, 0.15) is 6.29 Å². The van der Waals surface area contributed by atoms with Crippen molar-refractivity contribution in [1.82, 2.24) is 0 Å². The Morgan fingerprint density at radius 1 is 1.45 bits per heavy atom. The molecule has 0 heterocycles. The standard InChI is InChI=1S/C16H16F2O4/c1-22-13-10(4-5-11(17)12(13)18)15-6-2-3-9(7-19)16(15,8-15)14(20)21/h4-5,7,9H,2-3,6,8H2,1H3,(H,20,21). The number of halogens is 2. The van der Waals surface area contributed by atoms with Gasteiger partial charge < -0.3 is 14.6 Å². The number of aldehydes is 1. The van der Waals surface area contributed by atoms with Crippen LogP contribution in [0.3, 0.4) is 0 Å². The van der Waals surface area contributed by atoms with Crippen molar-refractivity contribution >= 4 is 12.3 Å². The van der Waals surface area contributed by atoms with Crippen LogP contribution in [0.25, 0.3) is 0 Å². The van der Waals surface area contributed by atoms with Crippen LogP contribution in [-0.4, -0.2) is 24.5 Å². The Bertz CT molecular complexity index is 660. The van der Waals surface area contributed by atoms with E-state index in [1.165, 1.54) is 13.2 Å². The summed E-state index contributed by atoms with van der Waals surface area (Å²) in [6, 6.07) is 2.37. The Morgan fingerprint density at radius 3 is 2.77 bits per heavy atom. The average Bonchev–Trinajstić information content (AvgIpc) is 3.21. The Morgan fingerprint density at radius 2 is 2.18 bits per heavy atom. The lowest BCUT2D eigenvalue weighted by Crippen LogP contribution is -2.38. The molecule has 3 atom stereocenters. The van der Waals surface area contributed by atoms with Crippen molar-refractivity contribution in [2.24, 2.45) is 11.3 Å². The molecule has 22 heavy (non-hydrogen) atoms. The van der Waals surface area contributed by atoms with Crippen LogP contribution in [0.4, 0.5) is 8.78 Å². The highest BCUT2D eigenvalue weighted by molar-refractivity contribution is 5.87. The van der Waals surface area contributed by atoms with Crippen molar-refractivity contribution in [3.05, 3.63) is 29.3 Å². The predicted molar refractivity (Wildman–Crippen MR) is 72.7 cm³/mol. The zero-order chi connectivity index (χ0) is 16.1. The Hall–Kier alpha value is -1.98. The van der Waals surface area contributed by atoms with Gasteiger partial charge in [-0.2, -0.15) is 4.39 Å². The first-order valence-corrected chi connectivity index (χ1v) is 7.16. The van der Waals surface area contributed by atoms with E-state index in [9.17, 15) is 23.5 Å². The minimum absolute atomic E-state index is 0.250. The molecule has 1 aromatic rings. The Balaban J connectivity index is 2.18. The number of methoxy groups -OCH3 is 1. The first kappa shape index (κ1) is 14.9. The number of benzene rings is 1. The first-order chi connectivity index (χ1) is 10.4. The predicted octanol–water partition coefficient (Wildman–Crippen LogP) is 2.68. The van der Waals surface area contributed by atoms with Crippen molar-refractivity contribution in [3.63, 3.8) is 0 Å². The van der Waals surface area contributed by atoms with Gasteiger partial charge in [-0.1, -0.05) is 12.5 Å². The van der Waals surface area contributed by atoms with Crippen molar-refractivity contribution in [2.75, 3.05) is 7.11 Å². The summed E-state index contributed by atoms with van der Waals surface area (Å²) in [4.78, 5) is 23.2. The molecule has 2 aliphatic carbocycles. The lowest BCUT2D eigenvalue weighted by Gasteiger charge is -2.33. The van der Waals surface area contributed by atoms with E-state index in [0.717, 1.165) is 6.07 Å². The lowest BCUT2D eigenvalue weighted by molar-refractivity contribution is -0.149. The van der Waals surface area contributed by atoms with Crippen LogP contribution in [0, 0.1) is 23.0 Å². The van der Waals surface area contributed by atoms with Gasteiger partial charge in [0, 0.05) is 16.9 Å². The molecule has 1 aromatic carbocycles. The van der Waals surface area contributed by atoms with Crippen molar-refractivity contribution in [3.8, 4) is 5.75 Å². The van der Waals surface area contributed by atoms with Crippen LogP contribution in [0.5, 0.6) is 5.75 Å². The van der Waals surface area contributed by atoms with Crippen LogP contribution in [0.1, 0.15) is 31.2 Å². The third-order valence-corrected chi connectivity index (χ3v) is 5.38. The second-order valence-electron chi connectivity index (χ2n) is 6.11. The molecule has 0 bridgehead atoms. The summed E-state index contributed by atoms with van der Waals surface area (Å²) in [7, 11) is 1.23. The quantitative estimate of drug-likeness (QED) is 0.869. The van der Waals surface area contributed by atoms with Gasteiger partial charge in [-0.05, 0) is 25.3 Å². The van der Waals surface area contributed by atoms with Gasteiger partial charge in [-0.3, -0.25) is 4.79 Å². The van der Waals surface area contributed by atoms with Crippen molar-refractivity contribution in [2.45, 2.75) is 31.1 Å². The van der Waals surface area contributed by atoms with E-state index in [1.54, 1.807) is 0 Å². The van der Waals surface area contributed by atoms with Crippen molar-refractivity contribution < 1.29 is 28.2 Å². The minimum Gasteiger partial charge on any atom is -0.493 e. The summed E-state index contributed by atoms with van der Waals surface area (Å²) < 4.78 is 32.4. The molecule has 0 spiro atoms. The topological polar surface area (TPSA) is 63.6 Å². The summed E-state index contributed by atoms with van der Waals surface area (Å²) in [6.07, 6.45) is 2.62. The third-order valence-electron chi connectivity index (χ3n) is 5.38. The van der Waals surface area contributed by atoms with E-state index < -0.39 is 34.4 Å². The van der Waals surface area contributed by atoms with Gasteiger partial charge >= 0.3 is 5.97 Å². The highest BCUT2D eigenvalue weighted by Crippen LogP contribution is 2.74. The first-order valence-electron chi connectivity index (χ1n) is 7.16. The van der Waals surface area contributed by atoms with Crippen LogP contribution in [0.2, 0.25) is 0 Å². The smallest absolute Gasteiger partial charge is 0.311 e. The van der Waals surface area contributed by atoms with Crippen LogP contribution in [0.15, 0.2) is 12.1 Å².